The molecule has 14 rings (SSSR count). The predicted octanol–water partition coefficient (Wildman–Crippen LogP) is 16.8. The number of hydrogen-bond acceptors (Lipinski definition) is 4. The Hall–Kier alpha value is -8.97. The molecule has 14 aromatic rings. The molecule has 6 heteroatoms. The first-order valence-corrected chi connectivity index (χ1v) is 24.1. The van der Waals surface area contributed by atoms with Gasteiger partial charge in [0.1, 0.15) is 0 Å². The highest BCUT2D eigenvalue weighted by Gasteiger charge is 2.23. The predicted molar refractivity (Wildman–Crippen MR) is 289 cm³/mol. The van der Waals surface area contributed by atoms with Crippen LogP contribution in [-0.4, -0.2) is 24.1 Å². The van der Waals surface area contributed by atoms with Crippen LogP contribution >= 0.6 is 11.3 Å². The lowest BCUT2D eigenvalue weighted by atomic mass is 10.0. The third-order valence-electron chi connectivity index (χ3n) is 13.6. The van der Waals surface area contributed by atoms with E-state index < -0.39 is 0 Å². The zero-order chi connectivity index (χ0) is 45.4. The van der Waals surface area contributed by atoms with Crippen LogP contribution in [0, 0.1) is 0 Å². The molecule has 0 unspecified atom stereocenters. The number of thiophene rings is 1. The first kappa shape index (κ1) is 39.2. The SMILES string of the molecule is c1ccc(-c2ccc(-c3nc(-c4ccccc4)nc(-c4cccc(-n5c6ccccc6c6ccc7c8ccc9c%10ccccc%10n(-c%10ccccc%10-c%10ccccc%10)c9c8sc7c65)c4)n3)cc2)cc1. The first-order valence-electron chi connectivity index (χ1n) is 23.3. The van der Waals surface area contributed by atoms with E-state index in [1.807, 2.05) is 35.6 Å². The van der Waals surface area contributed by atoms with Crippen molar-refractivity contribution in [3.63, 3.8) is 0 Å². The summed E-state index contributed by atoms with van der Waals surface area (Å²) in [5.74, 6) is 1.88. The fourth-order valence-electron chi connectivity index (χ4n) is 10.4. The van der Waals surface area contributed by atoms with Crippen LogP contribution in [0.4, 0.5) is 0 Å². The molecule has 322 valence electrons. The molecule has 10 aromatic carbocycles. The van der Waals surface area contributed by atoms with Crippen LogP contribution in [0.3, 0.4) is 0 Å². The van der Waals surface area contributed by atoms with E-state index in [0.29, 0.717) is 17.5 Å². The summed E-state index contributed by atoms with van der Waals surface area (Å²) in [6.45, 7) is 0. The Labute approximate surface area is 401 Å². The molecule has 5 nitrogen and oxygen atoms in total. The monoisotopic (exact) mass is 897 g/mol. The average molecular weight is 898 g/mol. The van der Waals surface area contributed by atoms with Gasteiger partial charge in [-0.2, -0.15) is 0 Å². The summed E-state index contributed by atoms with van der Waals surface area (Å²) >= 11 is 1.90. The van der Waals surface area contributed by atoms with E-state index in [9.17, 15) is 0 Å². The van der Waals surface area contributed by atoms with E-state index in [1.165, 1.54) is 75.0 Å². The molecule has 0 bridgehead atoms. The van der Waals surface area contributed by atoms with Crippen LogP contribution in [0.5, 0.6) is 0 Å². The van der Waals surface area contributed by atoms with Crippen molar-refractivity contribution in [2.24, 2.45) is 0 Å². The second-order valence-electron chi connectivity index (χ2n) is 17.5. The van der Waals surface area contributed by atoms with Crippen molar-refractivity contribution in [3.05, 3.63) is 237 Å². The minimum Gasteiger partial charge on any atom is -0.308 e. The third-order valence-corrected chi connectivity index (χ3v) is 14.8. The molecule has 0 aliphatic rings. The summed E-state index contributed by atoms with van der Waals surface area (Å²) in [5, 5.41) is 7.41. The molecule has 69 heavy (non-hydrogen) atoms. The topological polar surface area (TPSA) is 48.5 Å². The summed E-state index contributed by atoms with van der Waals surface area (Å²) in [5.41, 5.74) is 14.4. The summed E-state index contributed by atoms with van der Waals surface area (Å²) in [4.78, 5) is 15.4. The van der Waals surface area contributed by atoms with Crippen LogP contribution in [0.1, 0.15) is 0 Å². The van der Waals surface area contributed by atoms with Crippen molar-refractivity contribution in [2.45, 2.75) is 0 Å². The third kappa shape index (κ3) is 6.34. The zero-order valence-corrected chi connectivity index (χ0v) is 38.0. The van der Waals surface area contributed by atoms with Crippen LogP contribution in [0.25, 0.3) is 132 Å². The molecule has 0 N–H and O–H groups in total. The van der Waals surface area contributed by atoms with Gasteiger partial charge >= 0.3 is 0 Å². The molecule has 0 amide bonds. The Morgan fingerprint density at radius 3 is 1.36 bits per heavy atom. The zero-order valence-electron chi connectivity index (χ0n) is 37.2. The van der Waals surface area contributed by atoms with Gasteiger partial charge in [-0.1, -0.05) is 206 Å². The van der Waals surface area contributed by atoms with Gasteiger partial charge in [-0.25, -0.2) is 15.0 Å². The molecule has 0 aliphatic heterocycles. The first-order chi connectivity index (χ1) is 34.2. The standard InChI is InChI=1S/C63H39N5S/c1-4-17-40(18-5-1)41-31-33-44(34-32-41)62-64-61(43-21-8-3-9-22-43)65-63(66-62)45-23-16-24-46(39-45)67-55-29-14-11-26-48(55)50-35-37-52-53-38-36-51-49-27-12-15-30-56(49)68(58(51)60(53)69-59(52)57(50)67)54-28-13-10-25-47(54)42-19-6-2-7-20-42/h1-39H. The van der Waals surface area contributed by atoms with Gasteiger partial charge in [-0.3, -0.25) is 0 Å². The van der Waals surface area contributed by atoms with Crippen LogP contribution in [-0.2, 0) is 0 Å². The van der Waals surface area contributed by atoms with Gasteiger partial charge < -0.3 is 9.13 Å². The Morgan fingerprint density at radius 1 is 0.290 bits per heavy atom. The molecule has 0 atom stereocenters. The van der Waals surface area contributed by atoms with Crippen molar-refractivity contribution in [3.8, 4) is 67.8 Å². The largest absolute Gasteiger partial charge is 0.308 e. The normalized spacial score (nSPS) is 11.8. The Morgan fingerprint density at radius 2 is 0.725 bits per heavy atom. The highest BCUT2D eigenvalue weighted by atomic mass is 32.1. The summed E-state index contributed by atoms with van der Waals surface area (Å²) in [7, 11) is 0. The van der Waals surface area contributed by atoms with E-state index in [-0.39, 0.29) is 0 Å². The number of aromatic nitrogens is 5. The van der Waals surface area contributed by atoms with Crippen LogP contribution in [0.15, 0.2) is 237 Å². The van der Waals surface area contributed by atoms with Crippen molar-refractivity contribution >= 4 is 75.1 Å². The van der Waals surface area contributed by atoms with Gasteiger partial charge in [0.05, 0.1) is 37.2 Å². The second-order valence-corrected chi connectivity index (χ2v) is 18.6. The van der Waals surface area contributed by atoms with Gasteiger partial charge in [-0.05, 0) is 47.0 Å². The van der Waals surface area contributed by atoms with E-state index in [2.05, 4.69) is 221 Å². The lowest BCUT2D eigenvalue weighted by molar-refractivity contribution is 1.07. The molecule has 4 aromatic heterocycles. The van der Waals surface area contributed by atoms with Gasteiger partial charge in [-0.15, -0.1) is 11.3 Å². The van der Waals surface area contributed by atoms with Crippen molar-refractivity contribution in [1.29, 1.82) is 0 Å². The highest BCUT2D eigenvalue weighted by molar-refractivity contribution is 7.27. The molecule has 0 aliphatic carbocycles. The maximum absolute atomic E-state index is 5.20. The molecule has 4 heterocycles. The number of hydrogen-bond donors (Lipinski definition) is 0. The summed E-state index contributed by atoms with van der Waals surface area (Å²) in [6.07, 6.45) is 0. The van der Waals surface area contributed by atoms with Crippen LogP contribution in [0.2, 0.25) is 0 Å². The van der Waals surface area contributed by atoms with E-state index in [1.54, 1.807) is 0 Å². The number of para-hydroxylation sites is 3. The van der Waals surface area contributed by atoms with Crippen molar-refractivity contribution in [1.82, 2.24) is 24.1 Å². The molecule has 0 fully saturated rings. The van der Waals surface area contributed by atoms with E-state index >= 15 is 0 Å². The Kier molecular flexibility index (Phi) is 9.00. The van der Waals surface area contributed by atoms with Gasteiger partial charge in [0.2, 0.25) is 0 Å². The van der Waals surface area contributed by atoms with Crippen molar-refractivity contribution in [2.75, 3.05) is 0 Å². The van der Waals surface area contributed by atoms with Gasteiger partial charge in [0, 0.05) is 60.3 Å². The lowest BCUT2D eigenvalue weighted by Crippen LogP contribution is -2.01. The number of benzene rings is 10. The van der Waals surface area contributed by atoms with Gasteiger partial charge in [0.25, 0.3) is 0 Å². The number of fused-ring (bicyclic) bond motifs is 11. The quantitative estimate of drug-likeness (QED) is 0.160. The number of nitrogens with zero attached hydrogens (tertiary/aromatic N) is 5. The lowest BCUT2D eigenvalue weighted by Gasteiger charge is -2.14. The minimum absolute atomic E-state index is 0.617. The highest BCUT2D eigenvalue weighted by Crippen LogP contribution is 2.48. The van der Waals surface area contributed by atoms with Gasteiger partial charge in [0.15, 0.2) is 17.5 Å². The van der Waals surface area contributed by atoms with E-state index in [4.69, 9.17) is 15.0 Å². The minimum atomic E-state index is 0.617. The smallest absolute Gasteiger partial charge is 0.164 e. The molecule has 0 saturated carbocycles. The van der Waals surface area contributed by atoms with Crippen molar-refractivity contribution < 1.29 is 0 Å². The summed E-state index contributed by atoms with van der Waals surface area (Å²) < 4.78 is 7.47. The van der Waals surface area contributed by atoms with E-state index in [0.717, 1.165) is 39.1 Å². The molecular formula is C63H39N5S. The molecular weight excluding hydrogens is 859 g/mol. The van der Waals surface area contributed by atoms with Crippen LogP contribution < -0.4 is 0 Å². The summed E-state index contributed by atoms with van der Waals surface area (Å²) in [6, 6.07) is 84.3. The maximum Gasteiger partial charge on any atom is 0.164 e. The fraction of sp³-hybridized carbons (Fsp3) is 0. The second kappa shape index (κ2) is 15.8. The average Bonchev–Trinajstić information content (AvgIpc) is 4.10. The fourth-order valence-corrected chi connectivity index (χ4v) is 11.8. The molecule has 0 spiro atoms. The number of rotatable bonds is 7. The maximum atomic E-state index is 5.20. The Bertz CT molecular complexity index is 4280. The molecule has 0 radical (unpaired) electrons. The Balaban J connectivity index is 0.986. The molecule has 0 saturated heterocycles.